The van der Waals surface area contributed by atoms with E-state index < -0.39 is 0 Å². The molecule has 0 radical (unpaired) electrons. The second kappa shape index (κ2) is 6.49. The van der Waals surface area contributed by atoms with Gasteiger partial charge in [0.15, 0.2) is 5.13 Å². The smallest absolute Gasteiger partial charge is 0.257 e. The number of para-hydroxylation sites is 2. The molecular formula is C18H20N4OS. The van der Waals surface area contributed by atoms with Crippen LogP contribution in [0.25, 0.3) is 5.13 Å². The fourth-order valence-electron chi connectivity index (χ4n) is 2.77. The molecule has 0 atom stereocenters. The molecule has 3 aromatic rings. The van der Waals surface area contributed by atoms with Gasteiger partial charge in [-0.3, -0.25) is 9.36 Å². The maximum atomic E-state index is 12.8. The molecule has 0 aliphatic heterocycles. The van der Waals surface area contributed by atoms with Crippen molar-refractivity contribution in [2.75, 3.05) is 24.3 Å². The summed E-state index contributed by atoms with van der Waals surface area (Å²) in [6.07, 6.45) is 1.77. The summed E-state index contributed by atoms with van der Waals surface area (Å²) in [7, 11) is 3.92. The Morgan fingerprint density at radius 3 is 2.67 bits per heavy atom. The summed E-state index contributed by atoms with van der Waals surface area (Å²) in [5, 5.41) is 5.83. The van der Waals surface area contributed by atoms with Crippen LogP contribution in [0.1, 0.15) is 21.7 Å². The van der Waals surface area contributed by atoms with Gasteiger partial charge in [-0.05, 0) is 32.0 Å². The number of thiazole rings is 1. The van der Waals surface area contributed by atoms with Crippen LogP contribution in [-0.4, -0.2) is 29.6 Å². The van der Waals surface area contributed by atoms with Crippen molar-refractivity contribution in [3.05, 3.63) is 58.9 Å². The number of nitrogens with zero attached hydrogens (tertiary/aromatic N) is 3. The minimum atomic E-state index is -0.111. The third kappa shape index (κ3) is 2.92. The molecule has 0 saturated carbocycles. The maximum Gasteiger partial charge on any atom is 0.257 e. The number of hydrogen-bond donors (Lipinski definition) is 1. The summed E-state index contributed by atoms with van der Waals surface area (Å²) >= 11 is 1.55. The standard InChI is InChI=1S/C18H20N4OS/c1-12-11-14(13(2)22(12)18-19-9-10-24-18)17(23)20-15-7-5-6-8-16(15)21(3)4/h5-11H,1-4H3,(H,20,23). The van der Waals surface area contributed by atoms with Crippen LogP contribution in [-0.2, 0) is 0 Å². The van der Waals surface area contributed by atoms with Gasteiger partial charge in [0, 0.05) is 37.1 Å². The summed E-state index contributed by atoms with van der Waals surface area (Å²) in [6, 6.07) is 9.67. The monoisotopic (exact) mass is 340 g/mol. The van der Waals surface area contributed by atoms with E-state index in [1.54, 1.807) is 17.5 Å². The normalized spacial score (nSPS) is 10.7. The lowest BCUT2D eigenvalue weighted by Crippen LogP contribution is -2.17. The van der Waals surface area contributed by atoms with Crippen LogP contribution in [0.4, 0.5) is 11.4 Å². The zero-order chi connectivity index (χ0) is 17.3. The van der Waals surface area contributed by atoms with E-state index in [0.717, 1.165) is 27.9 Å². The number of hydrogen-bond acceptors (Lipinski definition) is 4. The topological polar surface area (TPSA) is 50.2 Å². The Hall–Kier alpha value is -2.60. The van der Waals surface area contributed by atoms with E-state index in [9.17, 15) is 4.79 Å². The van der Waals surface area contributed by atoms with Gasteiger partial charge in [-0.1, -0.05) is 12.1 Å². The van der Waals surface area contributed by atoms with E-state index in [-0.39, 0.29) is 5.91 Å². The highest BCUT2D eigenvalue weighted by atomic mass is 32.1. The first-order valence-electron chi connectivity index (χ1n) is 7.65. The minimum absolute atomic E-state index is 0.111. The number of aromatic nitrogens is 2. The summed E-state index contributed by atoms with van der Waals surface area (Å²) in [5.74, 6) is -0.111. The van der Waals surface area contributed by atoms with Gasteiger partial charge in [0.2, 0.25) is 0 Å². The first-order valence-corrected chi connectivity index (χ1v) is 8.53. The van der Waals surface area contributed by atoms with Crippen molar-refractivity contribution >= 4 is 28.6 Å². The molecule has 2 heterocycles. The Morgan fingerprint density at radius 1 is 1.25 bits per heavy atom. The van der Waals surface area contributed by atoms with Crippen molar-refractivity contribution in [3.8, 4) is 5.13 Å². The lowest BCUT2D eigenvalue weighted by Gasteiger charge is -2.17. The van der Waals surface area contributed by atoms with Gasteiger partial charge in [0.05, 0.1) is 16.9 Å². The van der Waals surface area contributed by atoms with Gasteiger partial charge in [0.1, 0.15) is 0 Å². The zero-order valence-corrected chi connectivity index (χ0v) is 15.0. The van der Waals surface area contributed by atoms with Crippen LogP contribution in [0.2, 0.25) is 0 Å². The van der Waals surface area contributed by atoms with Crippen LogP contribution in [0, 0.1) is 13.8 Å². The van der Waals surface area contributed by atoms with Crippen molar-refractivity contribution in [3.63, 3.8) is 0 Å². The second-order valence-electron chi connectivity index (χ2n) is 5.80. The van der Waals surface area contributed by atoms with Gasteiger partial charge in [-0.15, -0.1) is 11.3 Å². The summed E-state index contributed by atoms with van der Waals surface area (Å²) < 4.78 is 2.01. The third-order valence-corrected chi connectivity index (χ3v) is 4.68. The van der Waals surface area contributed by atoms with Crippen molar-refractivity contribution in [2.24, 2.45) is 0 Å². The van der Waals surface area contributed by atoms with E-state index in [1.807, 2.05) is 73.1 Å². The van der Waals surface area contributed by atoms with E-state index in [1.165, 1.54) is 0 Å². The first-order chi connectivity index (χ1) is 11.5. The quantitative estimate of drug-likeness (QED) is 0.784. The number of nitrogens with one attached hydrogen (secondary N) is 1. The number of carbonyl (C=O) groups is 1. The molecule has 0 aliphatic rings. The average Bonchev–Trinajstić information content (AvgIpc) is 3.15. The fraction of sp³-hybridized carbons (Fsp3) is 0.222. The number of rotatable bonds is 4. The Morgan fingerprint density at radius 2 is 2.00 bits per heavy atom. The summed E-state index contributed by atoms with van der Waals surface area (Å²) in [5.41, 5.74) is 4.32. The molecule has 0 aliphatic carbocycles. The first kappa shape index (κ1) is 16.3. The SMILES string of the molecule is Cc1cc(C(=O)Nc2ccccc2N(C)C)c(C)n1-c1nccs1. The zero-order valence-electron chi connectivity index (χ0n) is 14.2. The van der Waals surface area contributed by atoms with Crippen LogP contribution >= 0.6 is 11.3 Å². The van der Waals surface area contributed by atoms with E-state index >= 15 is 0 Å². The van der Waals surface area contributed by atoms with Crippen LogP contribution in [0.5, 0.6) is 0 Å². The number of aryl methyl sites for hydroxylation is 1. The van der Waals surface area contributed by atoms with Gasteiger partial charge >= 0.3 is 0 Å². The van der Waals surface area contributed by atoms with Crippen molar-refractivity contribution in [2.45, 2.75) is 13.8 Å². The van der Waals surface area contributed by atoms with Gasteiger partial charge in [-0.2, -0.15) is 0 Å². The molecule has 1 amide bonds. The highest BCUT2D eigenvalue weighted by molar-refractivity contribution is 7.12. The van der Waals surface area contributed by atoms with Crippen LogP contribution < -0.4 is 10.2 Å². The molecule has 124 valence electrons. The Kier molecular flexibility index (Phi) is 4.40. The molecule has 0 fully saturated rings. The number of anilines is 2. The Labute approximate surface area is 145 Å². The molecule has 24 heavy (non-hydrogen) atoms. The van der Waals surface area contributed by atoms with Gasteiger partial charge in [0.25, 0.3) is 5.91 Å². The molecule has 0 unspecified atom stereocenters. The third-order valence-electron chi connectivity index (χ3n) is 3.92. The van der Waals surface area contributed by atoms with Crippen molar-refractivity contribution < 1.29 is 4.79 Å². The lowest BCUT2D eigenvalue weighted by atomic mass is 10.2. The minimum Gasteiger partial charge on any atom is -0.376 e. The van der Waals surface area contributed by atoms with Crippen molar-refractivity contribution in [1.29, 1.82) is 0 Å². The summed E-state index contributed by atoms with van der Waals surface area (Å²) in [6.45, 7) is 3.93. The Bertz CT molecular complexity index is 865. The maximum absolute atomic E-state index is 12.8. The largest absolute Gasteiger partial charge is 0.376 e. The fourth-order valence-corrected chi connectivity index (χ4v) is 3.52. The van der Waals surface area contributed by atoms with Crippen LogP contribution in [0.15, 0.2) is 41.9 Å². The molecule has 3 rings (SSSR count). The predicted molar refractivity (Wildman–Crippen MR) is 99.6 cm³/mol. The molecule has 2 aromatic heterocycles. The molecular weight excluding hydrogens is 320 g/mol. The number of amides is 1. The predicted octanol–water partition coefficient (Wildman–Crippen LogP) is 3.87. The van der Waals surface area contributed by atoms with E-state index in [0.29, 0.717) is 5.56 Å². The van der Waals surface area contributed by atoms with Gasteiger partial charge < -0.3 is 10.2 Å². The molecule has 0 bridgehead atoms. The molecule has 5 nitrogen and oxygen atoms in total. The number of benzene rings is 1. The average molecular weight is 340 g/mol. The molecule has 1 N–H and O–H groups in total. The summed E-state index contributed by atoms with van der Waals surface area (Å²) in [4.78, 5) is 19.1. The highest BCUT2D eigenvalue weighted by Crippen LogP contribution is 2.26. The Balaban J connectivity index is 1.94. The van der Waals surface area contributed by atoms with E-state index in [4.69, 9.17) is 0 Å². The van der Waals surface area contributed by atoms with E-state index in [2.05, 4.69) is 10.3 Å². The number of carbonyl (C=O) groups excluding carboxylic acids is 1. The molecule has 0 spiro atoms. The van der Waals surface area contributed by atoms with Crippen LogP contribution in [0.3, 0.4) is 0 Å². The molecule has 1 aromatic carbocycles. The molecule has 0 saturated heterocycles. The van der Waals surface area contributed by atoms with Crippen molar-refractivity contribution in [1.82, 2.24) is 9.55 Å². The van der Waals surface area contributed by atoms with Gasteiger partial charge in [-0.25, -0.2) is 4.98 Å². The molecule has 6 heteroatoms. The lowest BCUT2D eigenvalue weighted by molar-refractivity contribution is 0.102. The second-order valence-corrected chi connectivity index (χ2v) is 6.67. The highest BCUT2D eigenvalue weighted by Gasteiger charge is 2.18.